The van der Waals surface area contributed by atoms with Crippen LogP contribution in [0.25, 0.3) is 0 Å². The number of nitrogens with two attached hydrogens (primary N) is 2. The summed E-state index contributed by atoms with van der Waals surface area (Å²) in [5, 5.41) is 2.84. The maximum absolute atomic E-state index is 14.0. The molecular weight excluding hydrogens is 480 g/mol. The van der Waals surface area contributed by atoms with Crippen molar-refractivity contribution in [2.75, 3.05) is 49.9 Å². The summed E-state index contributed by atoms with van der Waals surface area (Å²) in [5.74, 6) is -1.82. The Morgan fingerprint density at radius 2 is 1.67 bits per heavy atom. The first-order valence-electron chi connectivity index (χ1n) is 11.1. The monoisotopic (exact) mass is 510 g/mol. The Kier molecular flexibility index (Phi) is 8.62. The van der Waals surface area contributed by atoms with Crippen molar-refractivity contribution in [1.82, 2.24) is 9.69 Å². The molecule has 0 aliphatic rings. The van der Waals surface area contributed by atoms with Gasteiger partial charge in [0.25, 0.3) is 11.8 Å². The average Bonchev–Trinajstić information content (AvgIpc) is 3.24. The minimum atomic E-state index is -1.05. The van der Waals surface area contributed by atoms with Crippen molar-refractivity contribution in [2.24, 2.45) is 5.73 Å². The van der Waals surface area contributed by atoms with E-state index >= 15 is 0 Å². The topological polar surface area (TPSA) is 144 Å². The zero-order valence-electron chi connectivity index (χ0n) is 20.6. The van der Waals surface area contributed by atoms with E-state index in [-0.39, 0.29) is 22.8 Å². The summed E-state index contributed by atoms with van der Waals surface area (Å²) in [5.41, 5.74) is 14.1. The van der Waals surface area contributed by atoms with Crippen LogP contribution in [0.4, 0.5) is 17.1 Å². The summed E-state index contributed by atoms with van der Waals surface area (Å²) < 4.78 is 9.04. The third-order valence-electron chi connectivity index (χ3n) is 5.52. The van der Waals surface area contributed by atoms with Gasteiger partial charge in [0.05, 0.1) is 12.3 Å². The lowest BCUT2D eigenvalue weighted by molar-refractivity contribution is -0.122. The lowest BCUT2D eigenvalue weighted by Crippen LogP contribution is -2.44. The highest BCUT2D eigenvalue weighted by molar-refractivity contribution is 7.09. The number of aryl methyl sites for hydroxylation is 1. The molecule has 1 aromatic heterocycles. The van der Waals surface area contributed by atoms with Crippen LogP contribution in [0.5, 0.6) is 0 Å². The van der Waals surface area contributed by atoms with Crippen LogP contribution >= 0.6 is 11.5 Å². The van der Waals surface area contributed by atoms with Gasteiger partial charge in [-0.2, -0.15) is 4.37 Å². The molecule has 0 fully saturated rings. The van der Waals surface area contributed by atoms with Gasteiger partial charge in [-0.25, -0.2) is 0 Å². The second-order valence-corrected chi connectivity index (χ2v) is 9.09. The third kappa shape index (κ3) is 5.81. The van der Waals surface area contributed by atoms with Crippen LogP contribution < -0.4 is 26.6 Å². The molecular formula is C25H30N6O4S. The molecule has 0 aliphatic carbocycles. The van der Waals surface area contributed by atoms with Gasteiger partial charge in [0.2, 0.25) is 5.91 Å². The molecule has 36 heavy (non-hydrogen) atoms. The van der Waals surface area contributed by atoms with E-state index in [2.05, 4.69) is 9.69 Å². The van der Waals surface area contributed by atoms with Crippen LogP contribution in [-0.2, 0) is 9.53 Å². The predicted molar refractivity (Wildman–Crippen MR) is 141 cm³/mol. The van der Waals surface area contributed by atoms with Gasteiger partial charge in [0.15, 0.2) is 5.69 Å². The van der Waals surface area contributed by atoms with Gasteiger partial charge < -0.3 is 26.4 Å². The standard InChI is InChI=1S/C25H30N6O4S/c1-15-5-9-18(10-6-15)31(25(34)22-19(26)20(23(27)32)29-36-22)21(24(33)28-13-14-35-4)16-7-11-17(12-8-16)30(2)3/h5-12,21H,13-14,26H2,1-4H3,(H2,27,32)(H,28,33). The first-order chi connectivity index (χ1) is 17.1. The van der Waals surface area contributed by atoms with Crippen molar-refractivity contribution in [3.05, 3.63) is 70.2 Å². The first-order valence-corrected chi connectivity index (χ1v) is 11.9. The van der Waals surface area contributed by atoms with E-state index < -0.39 is 23.8 Å². The summed E-state index contributed by atoms with van der Waals surface area (Å²) >= 11 is 0.765. The van der Waals surface area contributed by atoms with Crippen LogP contribution in [-0.4, -0.2) is 56.5 Å². The SMILES string of the molecule is COCCNC(=O)C(c1ccc(N(C)C)cc1)N(C(=O)c1snc(C(N)=O)c1N)c1ccc(C)cc1. The number of nitrogen functional groups attached to an aromatic ring is 1. The first kappa shape index (κ1) is 26.6. The van der Waals surface area contributed by atoms with E-state index in [1.165, 1.54) is 12.0 Å². The van der Waals surface area contributed by atoms with Crippen molar-refractivity contribution >= 4 is 46.3 Å². The molecule has 190 valence electrons. The number of hydrogen-bond acceptors (Lipinski definition) is 8. The minimum absolute atomic E-state index is 0.0176. The maximum atomic E-state index is 14.0. The Hall–Kier alpha value is -3.96. The fourth-order valence-corrected chi connectivity index (χ4v) is 4.32. The second kappa shape index (κ2) is 11.6. The summed E-state index contributed by atoms with van der Waals surface area (Å²) in [6.07, 6.45) is 0. The van der Waals surface area contributed by atoms with Crippen LogP contribution in [0.15, 0.2) is 48.5 Å². The number of nitrogens with one attached hydrogen (secondary N) is 1. The molecule has 5 N–H and O–H groups in total. The molecule has 1 atom stereocenters. The van der Waals surface area contributed by atoms with E-state index in [1.54, 1.807) is 24.3 Å². The Morgan fingerprint density at radius 1 is 1.06 bits per heavy atom. The molecule has 1 heterocycles. The maximum Gasteiger partial charge on any atom is 0.273 e. The van der Waals surface area contributed by atoms with Gasteiger partial charge in [0.1, 0.15) is 10.9 Å². The van der Waals surface area contributed by atoms with Gasteiger partial charge >= 0.3 is 0 Å². The van der Waals surface area contributed by atoms with Gasteiger partial charge in [-0.3, -0.25) is 19.3 Å². The minimum Gasteiger partial charge on any atom is -0.395 e. The molecule has 2 aromatic carbocycles. The van der Waals surface area contributed by atoms with E-state index in [1.807, 2.05) is 50.2 Å². The highest BCUT2D eigenvalue weighted by Crippen LogP contribution is 2.33. The van der Waals surface area contributed by atoms with E-state index in [0.29, 0.717) is 17.9 Å². The number of methoxy groups -OCH3 is 1. The van der Waals surface area contributed by atoms with E-state index in [0.717, 1.165) is 22.8 Å². The summed E-state index contributed by atoms with van der Waals surface area (Å²) in [4.78, 5) is 42.6. The van der Waals surface area contributed by atoms with Crippen LogP contribution in [0.1, 0.15) is 37.3 Å². The van der Waals surface area contributed by atoms with Crippen molar-refractivity contribution in [3.8, 4) is 0 Å². The number of anilines is 3. The molecule has 3 rings (SSSR count). The number of aromatic nitrogens is 1. The molecule has 1 unspecified atom stereocenters. The second-order valence-electron chi connectivity index (χ2n) is 8.32. The number of nitrogens with zero attached hydrogens (tertiary/aromatic N) is 3. The predicted octanol–water partition coefficient (Wildman–Crippen LogP) is 2.35. The van der Waals surface area contributed by atoms with Gasteiger partial charge in [0, 0.05) is 39.1 Å². The molecule has 0 spiro atoms. The Labute approximate surface area is 214 Å². The molecule has 0 saturated heterocycles. The quantitative estimate of drug-likeness (QED) is 0.355. The zero-order chi connectivity index (χ0) is 26.4. The smallest absolute Gasteiger partial charge is 0.273 e. The molecule has 0 bridgehead atoms. The average molecular weight is 511 g/mol. The highest BCUT2D eigenvalue weighted by Gasteiger charge is 2.36. The van der Waals surface area contributed by atoms with Crippen molar-refractivity contribution < 1.29 is 19.1 Å². The van der Waals surface area contributed by atoms with Crippen LogP contribution in [0, 0.1) is 6.92 Å². The van der Waals surface area contributed by atoms with Gasteiger partial charge in [-0.15, -0.1) is 0 Å². The van der Waals surface area contributed by atoms with Crippen LogP contribution in [0.3, 0.4) is 0 Å². The van der Waals surface area contributed by atoms with Crippen molar-refractivity contribution in [2.45, 2.75) is 13.0 Å². The number of carbonyl (C=O) groups excluding carboxylic acids is 3. The lowest BCUT2D eigenvalue weighted by atomic mass is 10.0. The largest absolute Gasteiger partial charge is 0.395 e. The normalized spacial score (nSPS) is 11.6. The molecule has 11 heteroatoms. The molecule has 10 nitrogen and oxygen atoms in total. The summed E-state index contributed by atoms with van der Waals surface area (Å²) in [6, 6.07) is 13.5. The summed E-state index contributed by atoms with van der Waals surface area (Å²) in [6.45, 7) is 2.48. The van der Waals surface area contributed by atoms with Crippen LogP contribution in [0.2, 0.25) is 0 Å². The Balaban J connectivity index is 2.17. The highest BCUT2D eigenvalue weighted by atomic mass is 32.1. The van der Waals surface area contributed by atoms with Crippen molar-refractivity contribution in [3.63, 3.8) is 0 Å². The molecule has 3 aromatic rings. The fourth-order valence-electron chi connectivity index (χ4n) is 3.57. The molecule has 0 saturated carbocycles. The Bertz CT molecular complexity index is 1220. The third-order valence-corrected chi connectivity index (χ3v) is 6.37. The number of ether oxygens (including phenoxy) is 1. The van der Waals surface area contributed by atoms with Crippen molar-refractivity contribution in [1.29, 1.82) is 0 Å². The van der Waals surface area contributed by atoms with E-state index in [4.69, 9.17) is 16.2 Å². The number of carbonyl (C=O) groups is 3. The zero-order valence-corrected chi connectivity index (χ0v) is 21.5. The Morgan fingerprint density at radius 3 is 2.19 bits per heavy atom. The summed E-state index contributed by atoms with van der Waals surface area (Å²) in [7, 11) is 5.36. The van der Waals surface area contributed by atoms with Gasteiger partial charge in [-0.1, -0.05) is 29.8 Å². The lowest BCUT2D eigenvalue weighted by Gasteiger charge is -2.31. The number of rotatable bonds is 10. The fraction of sp³-hybridized carbons (Fsp3) is 0.280. The van der Waals surface area contributed by atoms with Gasteiger partial charge in [-0.05, 0) is 48.3 Å². The number of benzene rings is 2. The number of primary amides is 1. The van der Waals surface area contributed by atoms with E-state index in [9.17, 15) is 14.4 Å². The number of amides is 3. The molecule has 3 amide bonds. The molecule has 0 aliphatic heterocycles. The number of hydrogen-bond donors (Lipinski definition) is 3. The molecule has 0 radical (unpaired) electrons.